The third-order valence-corrected chi connectivity index (χ3v) is 7.46. The van der Waals surface area contributed by atoms with Gasteiger partial charge < -0.3 is 0 Å². The van der Waals surface area contributed by atoms with Crippen LogP contribution in [0.3, 0.4) is 0 Å². The molecule has 1 fully saturated rings. The Morgan fingerprint density at radius 1 is 0.964 bits per heavy atom. The molecule has 0 spiro atoms. The van der Waals surface area contributed by atoms with Gasteiger partial charge in [0.2, 0.25) is 10.0 Å². The summed E-state index contributed by atoms with van der Waals surface area (Å²) in [7, 11) is -3.46. The SMILES string of the molecule is Cc1ccc(S(=O)(=O)N2CCC(C(=O)CCCCc3ccccc3)CC2)cc1. The molecule has 28 heavy (non-hydrogen) atoms. The number of carbonyl (C=O) groups excluding carboxylic acids is 1. The van der Waals surface area contributed by atoms with Crippen molar-refractivity contribution >= 4 is 15.8 Å². The average molecular weight is 400 g/mol. The summed E-state index contributed by atoms with van der Waals surface area (Å²) in [5, 5.41) is 0. The molecule has 3 rings (SSSR count). The van der Waals surface area contributed by atoms with Crippen LogP contribution in [0.5, 0.6) is 0 Å². The molecule has 0 radical (unpaired) electrons. The second-order valence-corrected chi connectivity index (χ2v) is 9.59. The lowest BCUT2D eigenvalue weighted by atomic mass is 9.90. The summed E-state index contributed by atoms with van der Waals surface area (Å²) < 4.78 is 27.0. The van der Waals surface area contributed by atoms with Crippen molar-refractivity contribution in [3.8, 4) is 0 Å². The Hall–Kier alpha value is -1.98. The number of rotatable bonds is 8. The maximum Gasteiger partial charge on any atom is 0.243 e. The highest BCUT2D eigenvalue weighted by atomic mass is 32.2. The summed E-state index contributed by atoms with van der Waals surface area (Å²) in [6.45, 7) is 2.79. The number of carbonyl (C=O) groups is 1. The molecule has 0 saturated carbocycles. The number of hydrogen-bond donors (Lipinski definition) is 0. The summed E-state index contributed by atoms with van der Waals surface area (Å²) in [6.07, 6.45) is 4.76. The number of hydrogen-bond acceptors (Lipinski definition) is 3. The first kappa shape index (κ1) is 20.7. The molecule has 0 amide bonds. The monoisotopic (exact) mass is 399 g/mol. The van der Waals surface area contributed by atoms with Gasteiger partial charge in [-0.25, -0.2) is 8.42 Å². The van der Waals surface area contributed by atoms with Crippen molar-refractivity contribution in [1.82, 2.24) is 4.31 Å². The summed E-state index contributed by atoms with van der Waals surface area (Å²) in [5.74, 6) is 0.293. The normalized spacial score (nSPS) is 16.2. The largest absolute Gasteiger partial charge is 0.299 e. The van der Waals surface area contributed by atoms with Gasteiger partial charge in [-0.2, -0.15) is 4.31 Å². The van der Waals surface area contributed by atoms with Gasteiger partial charge in [-0.3, -0.25) is 4.79 Å². The number of unbranched alkanes of at least 4 members (excludes halogenated alkanes) is 1. The fourth-order valence-corrected chi connectivity index (χ4v) is 5.22. The molecule has 5 heteroatoms. The predicted molar refractivity (Wildman–Crippen MR) is 112 cm³/mol. The van der Waals surface area contributed by atoms with Crippen LogP contribution in [-0.2, 0) is 21.2 Å². The number of ketones is 1. The molecule has 150 valence electrons. The van der Waals surface area contributed by atoms with Crippen LogP contribution in [0.4, 0.5) is 0 Å². The molecule has 0 bridgehead atoms. The lowest BCUT2D eigenvalue weighted by Gasteiger charge is -2.30. The van der Waals surface area contributed by atoms with Crippen LogP contribution < -0.4 is 0 Å². The molecule has 0 N–H and O–H groups in total. The van der Waals surface area contributed by atoms with Crippen LogP contribution in [0.2, 0.25) is 0 Å². The van der Waals surface area contributed by atoms with Gasteiger partial charge in [0.1, 0.15) is 5.78 Å². The minimum Gasteiger partial charge on any atom is -0.299 e. The Labute approximate surface area is 168 Å². The highest BCUT2D eigenvalue weighted by Crippen LogP contribution is 2.25. The van der Waals surface area contributed by atoms with Crippen LogP contribution in [0.15, 0.2) is 59.5 Å². The van der Waals surface area contributed by atoms with Crippen molar-refractivity contribution < 1.29 is 13.2 Å². The zero-order valence-electron chi connectivity index (χ0n) is 16.5. The molecule has 2 aromatic rings. The molecule has 4 nitrogen and oxygen atoms in total. The molecule has 0 aliphatic carbocycles. The van der Waals surface area contributed by atoms with Crippen molar-refractivity contribution in [2.24, 2.45) is 5.92 Å². The second kappa shape index (κ2) is 9.48. The van der Waals surface area contributed by atoms with E-state index in [2.05, 4.69) is 12.1 Å². The van der Waals surface area contributed by atoms with Gasteiger partial charge in [0, 0.05) is 25.4 Å². The number of aryl methyl sites for hydroxylation is 2. The third-order valence-electron chi connectivity index (χ3n) is 5.55. The van der Waals surface area contributed by atoms with Crippen LogP contribution in [0.25, 0.3) is 0 Å². The summed E-state index contributed by atoms with van der Waals surface area (Å²) in [5.41, 5.74) is 2.35. The molecule has 1 saturated heterocycles. The zero-order chi connectivity index (χ0) is 20.0. The minimum atomic E-state index is -3.46. The van der Waals surface area contributed by atoms with Crippen LogP contribution in [0, 0.1) is 12.8 Å². The first-order valence-electron chi connectivity index (χ1n) is 10.1. The van der Waals surface area contributed by atoms with E-state index < -0.39 is 10.0 Å². The lowest BCUT2D eigenvalue weighted by molar-refractivity contribution is -0.124. The van der Waals surface area contributed by atoms with Crippen molar-refractivity contribution in [3.05, 3.63) is 65.7 Å². The molecular formula is C23H29NO3S. The topological polar surface area (TPSA) is 54.5 Å². The number of sulfonamides is 1. The van der Waals surface area contributed by atoms with E-state index >= 15 is 0 Å². The van der Waals surface area contributed by atoms with E-state index in [0.717, 1.165) is 24.8 Å². The maximum absolute atomic E-state index is 12.8. The van der Waals surface area contributed by atoms with E-state index in [1.54, 1.807) is 12.1 Å². The number of nitrogens with zero attached hydrogens (tertiary/aromatic N) is 1. The van der Waals surface area contributed by atoms with Gasteiger partial charge in [-0.1, -0.05) is 48.0 Å². The summed E-state index contributed by atoms with van der Waals surface area (Å²) >= 11 is 0. The standard InChI is InChI=1S/C23H29NO3S/c1-19-11-13-22(14-12-19)28(26,27)24-17-15-21(16-18-24)23(25)10-6-5-9-20-7-3-2-4-8-20/h2-4,7-8,11-14,21H,5-6,9-10,15-18H2,1H3. The Morgan fingerprint density at radius 2 is 1.61 bits per heavy atom. The van der Waals surface area contributed by atoms with Crippen molar-refractivity contribution in [1.29, 1.82) is 0 Å². The van der Waals surface area contributed by atoms with E-state index in [9.17, 15) is 13.2 Å². The number of benzene rings is 2. The van der Waals surface area contributed by atoms with Gasteiger partial charge in [-0.05, 0) is 56.7 Å². The van der Waals surface area contributed by atoms with Crippen molar-refractivity contribution in [2.75, 3.05) is 13.1 Å². The Morgan fingerprint density at radius 3 is 2.25 bits per heavy atom. The van der Waals surface area contributed by atoms with E-state index in [1.165, 1.54) is 9.87 Å². The van der Waals surface area contributed by atoms with Gasteiger partial charge in [0.25, 0.3) is 0 Å². The molecular weight excluding hydrogens is 370 g/mol. The molecule has 0 unspecified atom stereocenters. The van der Waals surface area contributed by atoms with Gasteiger partial charge in [0.05, 0.1) is 4.90 Å². The van der Waals surface area contributed by atoms with E-state index in [4.69, 9.17) is 0 Å². The lowest BCUT2D eigenvalue weighted by Crippen LogP contribution is -2.40. The van der Waals surface area contributed by atoms with E-state index in [-0.39, 0.29) is 5.92 Å². The number of Topliss-reactive ketones (excluding diaryl/α,β-unsaturated/α-hetero) is 1. The molecule has 0 aromatic heterocycles. The average Bonchev–Trinajstić information content (AvgIpc) is 2.72. The molecule has 1 aliphatic heterocycles. The first-order chi connectivity index (χ1) is 13.5. The van der Waals surface area contributed by atoms with Gasteiger partial charge in [-0.15, -0.1) is 0 Å². The van der Waals surface area contributed by atoms with Crippen LogP contribution >= 0.6 is 0 Å². The van der Waals surface area contributed by atoms with Gasteiger partial charge in [0.15, 0.2) is 0 Å². The highest BCUT2D eigenvalue weighted by Gasteiger charge is 2.31. The summed E-state index contributed by atoms with van der Waals surface area (Å²) in [6, 6.07) is 17.3. The second-order valence-electron chi connectivity index (χ2n) is 7.65. The minimum absolute atomic E-state index is 0.00110. The molecule has 2 aromatic carbocycles. The van der Waals surface area contributed by atoms with Crippen molar-refractivity contribution in [2.45, 2.75) is 50.3 Å². The Bertz CT molecular complexity index is 868. The molecule has 1 heterocycles. The third kappa shape index (κ3) is 5.30. The molecule has 0 atom stereocenters. The van der Waals surface area contributed by atoms with Crippen LogP contribution in [0.1, 0.15) is 43.2 Å². The quantitative estimate of drug-likeness (QED) is 0.619. The predicted octanol–water partition coefficient (Wildman–Crippen LogP) is 4.38. The Kier molecular flexibility index (Phi) is 7.03. The Balaban J connectivity index is 1.44. The van der Waals surface area contributed by atoms with Crippen molar-refractivity contribution in [3.63, 3.8) is 0 Å². The maximum atomic E-state index is 12.8. The highest BCUT2D eigenvalue weighted by molar-refractivity contribution is 7.89. The van der Waals surface area contributed by atoms with E-state index in [1.807, 2.05) is 37.3 Å². The number of piperidine rings is 1. The summed E-state index contributed by atoms with van der Waals surface area (Å²) in [4.78, 5) is 12.8. The first-order valence-corrected chi connectivity index (χ1v) is 11.5. The smallest absolute Gasteiger partial charge is 0.243 e. The fourth-order valence-electron chi connectivity index (χ4n) is 3.75. The zero-order valence-corrected chi connectivity index (χ0v) is 17.3. The van der Waals surface area contributed by atoms with Gasteiger partial charge >= 0.3 is 0 Å². The van der Waals surface area contributed by atoms with Crippen LogP contribution in [-0.4, -0.2) is 31.6 Å². The molecule has 1 aliphatic rings. The van der Waals surface area contributed by atoms with E-state index in [0.29, 0.717) is 43.0 Å². The fraction of sp³-hybridized carbons (Fsp3) is 0.435.